The highest BCUT2D eigenvalue weighted by molar-refractivity contribution is 5.96. The Morgan fingerprint density at radius 2 is 2.05 bits per heavy atom. The number of nitrogen functional groups attached to an aromatic ring is 1. The van der Waals surface area contributed by atoms with Gasteiger partial charge in [-0.1, -0.05) is 18.6 Å². The molecule has 1 aromatic carbocycles. The molecule has 0 spiro atoms. The van der Waals surface area contributed by atoms with Crippen molar-refractivity contribution < 1.29 is 9.59 Å². The lowest BCUT2D eigenvalue weighted by molar-refractivity contribution is -0.134. The molecule has 1 fully saturated rings. The Labute approximate surface area is 112 Å². The van der Waals surface area contributed by atoms with Crippen LogP contribution in [0, 0.1) is 0 Å². The molecular formula is C14H19N3O2. The molecule has 19 heavy (non-hydrogen) atoms. The summed E-state index contributed by atoms with van der Waals surface area (Å²) >= 11 is 0. The van der Waals surface area contributed by atoms with Gasteiger partial charge in [0.05, 0.1) is 17.9 Å². The van der Waals surface area contributed by atoms with Crippen molar-refractivity contribution in [2.45, 2.75) is 25.7 Å². The maximum absolute atomic E-state index is 11.9. The van der Waals surface area contributed by atoms with Crippen LogP contribution in [0.4, 0.5) is 11.4 Å². The zero-order valence-corrected chi connectivity index (χ0v) is 10.9. The molecule has 0 aliphatic carbocycles. The lowest BCUT2D eigenvalue weighted by atomic mass is 10.2. The summed E-state index contributed by atoms with van der Waals surface area (Å²) in [5.74, 6) is -0.137. The zero-order valence-electron chi connectivity index (χ0n) is 10.9. The van der Waals surface area contributed by atoms with Crippen molar-refractivity contribution in [3.05, 3.63) is 24.3 Å². The Balaban J connectivity index is 1.93. The molecule has 102 valence electrons. The number of nitrogens with zero attached hydrogens (tertiary/aromatic N) is 1. The number of carbonyl (C=O) groups excluding carboxylic acids is 2. The van der Waals surface area contributed by atoms with E-state index in [0.29, 0.717) is 24.3 Å². The van der Waals surface area contributed by atoms with Gasteiger partial charge in [0.1, 0.15) is 0 Å². The number of likely N-dealkylation sites (tertiary alicyclic amines) is 1. The molecule has 0 saturated carbocycles. The van der Waals surface area contributed by atoms with Gasteiger partial charge in [-0.25, -0.2) is 0 Å². The highest BCUT2D eigenvalue weighted by Crippen LogP contribution is 2.17. The molecule has 0 radical (unpaired) electrons. The molecule has 2 rings (SSSR count). The van der Waals surface area contributed by atoms with Crippen LogP contribution in [-0.4, -0.2) is 29.8 Å². The van der Waals surface area contributed by atoms with E-state index in [1.807, 2.05) is 12.1 Å². The number of nitrogens with two attached hydrogens (primary N) is 1. The fourth-order valence-electron chi connectivity index (χ4n) is 2.18. The number of anilines is 2. The van der Waals surface area contributed by atoms with Crippen LogP contribution < -0.4 is 11.1 Å². The minimum absolute atomic E-state index is 0.0636. The van der Waals surface area contributed by atoms with E-state index < -0.39 is 0 Å². The van der Waals surface area contributed by atoms with Gasteiger partial charge in [-0.05, 0) is 25.0 Å². The van der Waals surface area contributed by atoms with Crippen LogP contribution in [0.1, 0.15) is 25.7 Å². The van der Waals surface area contributed by atoms with Gasteiger partial charge in [0, 0.05) is 13.0 Å². The minimum atomic E-state index is -0.201. The summed E-state index contributed by atoms with van der Waals surface area (Å²) in [7, 11) is 0. The van der Waals surface area contributed by atoms with Crippen LogP contribution in [0.5, 0.6) is 0 Å². The predicted octanol–water partition coefficient (Wildman–Crippen LogP) is 1.61. The number of rotatable bonds is 3. The fraction of sp³-hybridized carbons (Fsp3) is 0.429. The Bertz CT molecular complexity index is 474. The first-order chi connectivity index (χ1) is 9.16. The normalized spacial score (nSPS) is 16.0. The van der Waals surface area contributed by atoms with E-state index in [0.717, 1.165) is 19.3 Å². The molecule has 3 N–H and O–H groups in total. The number of carbonyl (C=O) groups is 2. The predicted molar refractivity (Wildman–Crippen MR) is 74.5 cm³/mol. The topological polar surface area (TPSA) is 75.4 Å². The number of amides is 2. The minimum Gasteiger partial charge on any atom is -0.397 e. The van der Waals surface area contributed by atoms with Crippen LogP contribution in [0.15, 0.2) is 24.3 Å². The van der Waals surface area contributed by atoms with Crippen LogP contribution in [0.25, 0.3) is 0 Å². The molecule has 1 heterocycles. The van der Waals surface area contributed by atoms with Crippen molar-refractivity contribution in [3.63, 3.8) is 0 Å². The van der Waals surface area contributed by atoms with E-state index >= 15 is 0 Å². The van der Waals surface area contributed by atoms with Crippen molar-refractivity contribution in [2.24, 2.45) is 0 Å². The van der Waals surface area contributed by atoms with Crippen molar-refractivity contribution in [2.75, 3.05) is 24.1 Å². The number of nitrogens with one attached hydrogen (secondary N) is 1. The number of hydrogen-bond donors (Lipinski definition) is 2. The van der Waals surface area contributed by atoms with Crippen molar-refractivity contribution >= 4 is 23.2 Å². The molecule has 1 saturated heterocycles. The third-order valence-electron chi connectivity index (χ3n) is 3.24. The monoisotopic (exact) mass is 261 g/mol. The van der Waals surface area contributed by atoms with E-state index in [4.69, 9.17) is 5.73 Å². The lowest BCUT2D eigenvalue weighted by Gasteiger charge is -2.20. The summed E-state index contributed by atoms with van der Waals surface area (Å²) in [6.45, 7) is 0.768. The third-order valence-corrected chi connectivity index (χ3v) is 3.24. The lowest BCUT2D eigenvalue weighted by Crippen LogP contribution is -2.37. The summed E-state index contributed by atoms with van der Waals surface area (Å²) < 4.78 is 0. The molecule has 1 aromatic rings. The first-order valence-electron chi connectivity index (χ1n) is 6.59. The number of hydrogen-bond acceptors (Lipinski definition) is 3. The van der Waals surface area contributed by atoms with Crippen LogP contribution >= 0.6 is 0 Å². The molecule has 0 bridgehead atoms. The van der Waals surface area contributed by atoms with E-state index in [1.54, 1.807) is 17.0 Å². The summed E-state index contributed by atoms with van der Waals surface area (Å²) in [5.41, 5.74) is 6.88. The second kappa shape index (κ2) is 6.22. The molecule has 2 amide bonds. The standard InChI is InChI=1S/C14H19N3O2/c15-11-6-3-4-7-12(11)16-13(18)10-17-9-5-1-2-8-14(17)19/h3-4,6-7H,1-2,5,8-10,15H2,(H,16,18). The van der Waals surface area contributed by atoms with E-state index in [-0.39, 0.29) is 18.4 Å². The molecule has 0 atom stereocenters. The molecule has 5 nitrogen and oxygen atoms in total. The second-order valence-electron chi connectivity index (χ2n) is 4.76. The van der Waals surface area contributed by atoms with Gasteiger partial charge >= 0.3 is 0 Å². The molecule has 1 aliphatic rings. The van der Waals surface area contributed by atoms with E-state index in [1.165, 1.54) is 0 Å². The molecule has 5 heteroatoms. The van der Waals surface area contributed by atoms with E-state index in [9.17, 15) is 9.59 Å². The maximum Gasteiger partial charge on any atom is 0.244 e. The Kier molecular flexibility index (Phi) is 4.39. The first-order valence-corrected chi connectivity index (χ1v) is 6.59. The smallest absolute Gasteiger partial charge is 0.244 e. The summed E-state index contributed by atoms with van der Waals surface area (Å²) in [6.07, 6.45) is 3.48. The van der Waals surface area contributed by atoms with Crippen LogP contribution in [0.3, 0.4) is 0 Å². The number of para-hydroxylation sites is 2. The zero-order chi connectivity index (χ0) is 13.7. The van der Waals surface area contributed by atoms with Crippen LogP contribution in [-0.2, 0) is 9.59 Å². The van der Waals surface area contributed by atoms with Crippen molar-refractivity contribution in [3.8, 4) is 0 Å². The molecular weight excluding hydrogens is 242 g/mol. The van der Waals surface area contributed by atoms with Gasteiger partial charge in [0.2, 0.25) is 11.8 Å². The third kappa shape index (κ3) is 3.71. The quantitative estimate of drug-likeness (QED) is 0.812. The van der Waals surface area contributed by atoms with Gasteiger partial charge in [-0.3, -0.25) is 9.59 Å². The SMILES string of the molecule is Nc1ccccc1NC(=O)CN1CCCCCC1=O. The Morgan fingerprint density at radius 3 is 2.84 bits per heavy atom. The van der Waals surface area contributed by atoms with E-state index in [2.05, 4.69) is 5.32 Å². The van der Waals surface area contributed by atoms with Gasteiger partial charge in [0.25, 0.3) is 0 Å². The van der Waals surface area contributed by atoms with Crippen LogP contribution in [0.2, 0.25) is 0 Å². The largest absolute Gasteiger partial charge is 0.397 e. The highest BCUT2D eigenvalue weighted by Gasteiger charge is 2.19. The Morgan fingerprint density at radius 1 is 1.26 bits per heavy atom. The summed E-state index contributed by atoms with van der Waals surface area (Å²) in [4.78, 5) is 25.3. The summed E-state index contributed by atoms with van der Waals surface area (Å²) in [5, 5.41) is 2.74. The molecule has 0 unspecified atom stereocenters. The Hall–Kier alpha value is -2.04. The number of benzene rings is 1. The fourth-order valence-corrected chi connectivity index (χ4v) is 2.18. The average molecular weight is 261 g/mol. The first kappa shape index (κ1) is 13.4. The maximum atomic E-state index is 11.9. The second-order valence-corrected chi connectivity index (χ2v) is 4.76. The average Bonchev–Trinajstić information content (AvgIpc) is 2.58. The molecule has 0 aromatic heterocycles. The summed E-state index contributed by atoms with van der Waals surface area (Å²) in [6, 6.07) is 7.09. The highest BCUT2D eigenvalue weighted by atomic mass is 16.2. The van der Waals surface area contributed by atoms with Gasteiger partial charge < -0.3 is 16.0 Å². The molecule has 1 aliphatic heterocycles. The van der Waals surface area contributed by atoms with Gasteiger partial charge in [-0.15, -0.1) is 0 Å². The van der Waals surface area contributed by atoms with Crippen molar-refractivity contribution in [1.29, 1.82) is 0 Å². The van der Waals surface area contributed by atoms with Crippen molar-refractivity contribution in [1.82, 2.24) is 4.90 Å². The van der Waals surface area contributed by atoms with Gasteiger partial charge in [-0.2, -0.15) is 0 Å². The van der Waals surface area contributed by atoms with Gasteiger partial charge in [0.15, 0.2) is 0 Å².